The number of amides is 1. The molecule has 1 unspecified atom stereocenters. The van der Waals surface area contributed by atoms with E-state index in [1.54, 1.807) is 12.1 Å². The third-order valence-corrected chi connectivity index (χ3v) is 6.92. The summed E-state index contributed by atoms with van der Waals surface area (Å²) >= 11 is 1.28. The summed E-state index contributed by atoms with van der Waals surface area (Å²) in [6.45, 7) is 8.75. The van der Waals surface area contributed by atoms with Crippen LogP contribution >= 0.6 is 11.3 Å². The van der Waals surface area contributed by atoms with E-state index in [4.69, 9.17) is 13.9 Å². The largest absolute Gasteiger partial charge is 0.490 e. The van der Waals surface area contributed by atoms with Crippen molar-refractivity contribution in [3.63, 3.8) is 0 Å². The molecule has 0 saturated heterocycles. The molecule has 1 atom stereocenters. The first kappa shape index (κ1) is 24.0. The molecule has 0 bridgehead atoms. The summed E-state index contributed by atoms with van der Waals surface area (Å²) in [6.07, 6.45) is 1.94. The zero-order valence-corrected chi connectivity index (χ0v) is 21.5. The average molecular weight is 506 g/mol. The monoisotopic (exact) mass is 505 g/mol. The summed E-state index contributed by atoms with van der Waals surface area (Å²) in [5.41, 5.74) is 2.05. The lowest BCUT2D eigenvalue weighted by molar-refractivity contribution is 0.0970. The number of benzene rings is 2. The minimum absolute atomic E-state index is 0.0236. The fourth-order valence-electron chi connectivity index (χ4n) is 4.39. The van der Waals surface area contributed by atoms with Crippen LogP contribution in [0.5, 0.6) is 11.5 Å². The van der Waals surface area contributed by atoms with Gasteiger partial charge >= 0.3 is 0 Å². The minimum Gasteiger partial charge on any atom is -0.490 e. The second-order valence-corrected chi connectivity index (χ2v) is 9.86. The first-order valence-corrected chi connectivity index (χ1v) is 12.8. The van der Waals surface area contributed by atoms with Gasteiger partial charge in [-0.25, -0.2) is 0 Å². The van der Waals surface area contributed by atoms with E-state index in [-0.39, 0.29) is 16.8 Å². The lowest BCUT2D eigenvalue weighted by Gasteiger charge is -2.23. The van der Waals surface area contributed by atoms with Gasteiger partial charge in [-0.15, -0.1) is 10.2 Å². The summed E-state index contributed by atoms with van der Waals surface area (Å²) in [5, 5.41) is 9.87. The van der Waals surface area contributed by atoms with Crippen molar-refractivity contribution < 1.29 is 18.7 Å². The molecule has 186 valence electrons. The molecule has 9 heteroatoms. The van der Waals surface area contributed by atoms with Crippen molar-refractivity contribution in [1.29, 1.82) is 0 Å². The van der Waals surface area contributed by atoms with E-state index in [0.717, 1.165) is 18.4 Å². The Kier molecular flexibility index (Phi) is 6.49. The van der Waals surface area contributed by atoms with E-state index in [2.05, 4.69) is 17.1 Å². The predicted octanol–water partition coefficient (Wildman–Crippen LogP) is 5.59. The molecule has 0 aliphatic carbocycles. The van der Waals surface area contributed by atoms with Gasteiger partial charge in [0.25, 0.3) is 5.91 Å². The topological polar surface area (TPSA) is 94.8 Å². The molecule has 0 fully saturated rings. The second kappa shape index (κ2) is 9.73. The van der Waals surface area contributed by atoms with Crippen molar-refractivity contribution in [3.8, 4) is 11.5 Å². The van der Waals surface area contributed by atoms with Gasteiger partial charge in [0.2, 0.25) is 10.9 Å². The van der Waals surface area contributed by atoms with Crippen molar-refractivity contribution in [3.05, 3.63) is 74.1 Å². The maximum atomic E-state index is 13.8. The molecule has 3 heterocycles. The highest BCUT2D eigenvalue weighted by molar-refractivity contribution is 7.15. The van der Waals surface area contributed by atoms with Crippen LogP contribution in [0.3, 0.4) is 0 Å². The maximum Gasteiger partial charge on any atom is 0.297 e. The summed E-state index contributed by atoms with van der Waals surface area (Å²) in [5.74, 6) is 0.780. The Morgan fingerprint density at radius 1 is 1.03 bits per heavy atom. The predicted molar refractivity (Wildman–Crippen MR) is 139 cm³/mol. The number of rotatable bonds is 8. The SMILES string of the molecule is CCCCOc1ccc(C2c3c(oc4ccc(C)cc4c3=O)C(=O)N2c2nnc(C)s2)cc1OCC. The second-order valence-electron chi connectivity index (χ2n) is 8.70. The standard InChI is InChI=1S/C27H27N3O5S/c1-5-7-12-34-20-11-9-17(14-21(20)33-6-2)23-22-24(31)18-13-15(3)8-10-19(18)35-25(22)26(32)30(23)27-29-28-16(4)36-27/h8-11,13-14,23H,5-7,12H2,1-4H3. The number of aryl methyl sites for hydroxylation is 2. The van der Waals surface area contributed by atoms with Gasteiger partial charge < -0.3 is 13.9 Å². The summed E-state index contributed by atoms with van der Waals surface area (Å²) < 4.78 is 17.9. The normalized spacial score (nSPS) is 14.9. The van der Waals surface area contributed by atoms with E-state index in [1.807, 2.05) is 45.0 Å². The zero-order valence-electron chi connectivity index (χ0n) is 20.7. The number of unbranched alkanes of at least 4 members (excludes halogenated alkanes) is 1. The van der Waals surface area contributed by atoms with Crippen LogP contribution in [0.4, 0.5) is 5.13 Å². The first-order valence-electron chi connectivity index (χ1n) is 12.0. The van der Waals surface area contributed by atoms with Crippen LogP contribution in [0, 0.1) is 13.8 Å². The quantitative estimate of drug-likeness (QED) is 0.288. The van der Waals surface area contributed by atoms with Gasteiger partial charge in [-0.05, 0) is 57.0 Å². The van der Waals surface area contributed by atoms with E-state index in [9.17, 15) is 9.59 Å². The first-order chi connectivity index (χ1) is 17.4. The molecule has 1 aliphatic heterocycles. The molecule has 2 aromatic heterocycles. The number of nitrogens with zero attached hydrogens (tertiary/aromatic N) is 3. The van der Waals surface area contributed by atoms with E-state index in [1.165, 1.54) is 16.2 Å². The number of anilines is 1. The molecule has 4 aromatic rings. The van der Waals surface area contributed by atoms with Gasteiger partial charge in [-0.2, -0.15) is 0 Å². The van der Waals surface area contributed by atoms with Gasteiger partial charge in [-0.3, -0.25) is 14.5 Å². The number of aromatic nitrogens is 2. The van der Waals surface area contributed by atoms with Crippen LogP contribution in [0.2, 0.25) is 0 Å². The van der Waals surface area contributed by atoms with Crippen LogP contribution < -0.4 is 19.8 Å². The molecule has 0 spiro atoms. The van der Waals surface area contributed by atoms with Crippen molar-refractivity contribution in [1.82, 2.24) is 10.2 Å². The molecule has 0 N–H and O–H groups in total. The van der Waals surface area contributed by atoms with Gasteiger partial charge in [0, 0.05) is 0 Å². The fourth-order valence-corrected chi connectivity index (χ4v) is 5.11. The van der Waals surface area contributed by atoms with Crippen LogP contribution in [0.25, 0.3) is 11.0 Å². The van der Waals surface area contributed by atoms with Crippen LogP contribution in [0.15, 0.2) is 45.6 Å². The number of hydrogen-bond acceptors (Lipinski definition) is 8. The highest BCUT2D eigenvalue weighted by Crippen LogP contribution is 2.44. The third kappa shape index (κ3) is 4.13. The Morgan fingerprint density at radius 3 is 2.58 bits per heavy atom. The minimum atomic E-state index is -0.745. The van der Waals surface area contributed by atoms with Crippen molar-refractivity contribution in [2.45, 2.75) is 46.6 Å². The molecule has 8 nitrogen and oxygen atoms in total. The van der Waals surface area contributed by atoms with Crippen LogP contribution in [-0.2, 0) is 0 Å². The van der Waals surface area contributed by atoms with Crippen molar-refractivity contribution in [2.75, 3.05) is 18.1 Å². The fraction of sp³-hybridized carbons (Fsp3) is 0.333. The van der Waals surface area contributed by atoms with E-state index < -0.39 is 11.9 Å². The Hall–Kier alpha value is -3.72. The highest BCUT2D eigenvalue weighted by Gasteiger charge is 2.45. The summed E-state index contributed by atoms with van der Waals surface area (Å²) in [4.78, 5) is 29.0. The maximum absolute atomic E-state index is 13.8. The average Bonchev–Trinajstić information content (AvgIpc) is 3.41. The number of carbonyl (C=O) groups is 1. The molecule has 0 saturated carbocycles. The third-order valence-electron chi connectivity index (χ3n) is 6.09. The number of hydrogen-bond donors (Lipinski definition) is 0. The Bertz CT molecular complexity index is 1510. The molecular formula is C27H27N3O5S. The Balaban J connectivity index is 1.71. The van der Waals surface area contributed by atoms with Crippen molar-refractivity contribution in [2.24, 2.45) is 0 Å². The van der Waals surface area contributed by atoms with E-state index in [0.29, 0.717) is 51.4 Å². The molecule has 36 heavy (non-hydrogen) atoms. The lowest BCUT2D eigenvalue weighted by atomic mass is 9.98. The van der Waals surface area contributed by atoms with Gasteiger partial charge in [0.1, 0.15) is 10.6 Å². The molecule has 2 aromatic carbocycles. The van der Waals surface area contributed by atoms with Crippen molar-refractivity contribution >= 4 is 33.3 Å². The molecular weight excluding hydrogens is 478 g/mol. The number of ether oxygens (including phenoxy) is 2. The smallest absolute Gasteiger partial charge is 0.297 e. The zero-order chi connectivity index (χ0) is 25.4. The molecule has 5 rings (SSSR count). The van der Waals surface area contributed by atoms with Gasteiger partial charge in [0.05, 0.1) is 30.2 Å². The van der Waals surface area contributed by atoms with Crippen LogP contribution in [0.1, 0.15) is 65.0 Å². The van der Waals surface area contributed by atoms with Gasteiger partial charge in [-0.1, -0.05) is 42.4 Å². The highest BCUT2D eigenvalue weighted by atomic mass is 32.1. The lowest BCUT2D eigenvalue weighted by Crippen LogP contribution is -2.29. The van der Waals surface area contributed by atoms with Crippen LogP contribution in [-0.4, -0.2) is 29.3 Å². The Labute approximate surface area is 212 Å². The molecule has 1 aliphatic rings. The van der Waals surface area contributed by atoms with E-state index >= 15 is 0 Å². The Morgan fingerprint density at radius 2 is 1.86 bits per heavy atom. The summed E-state index contributed by atoms with van der Waals surface area (Å²) in [7, 11) is 0. The summed E-state index contributed by atoms with van der Waals surface area (Å²) in [6, 6.07) is 10.1. The number of fused-ring (bicyclic) bond motifs is 2. The van der Waals surface area contributed by atoms with Gasteiger partial charge in [0.15, 0.2) is 16.9 Å². The molecule has 1 amide bonds. The molecule has 0 radical (unpaired) electrons. The number of carbonyl (C=O) groups excluding carboxylic acids is 1.